The molecule has 2 saturated carbocycles. The Morgan fingerprint density at radius 2 is 1.65 bits per heavy atom. The zero-order chi connectivity index (χ0) is 27.7. The first-order valence-electron chi connectivity index (χ1n) is 14.8. The number of nitrogens with one attached hydrogen (secondary N) is 1. The molecule has 7 atom stereocenters. The summed E-state index contributed by atoms with van der Waals surface area (Å²) in [5.74, 6) is -0.797. The summed E-state index contributed by atoms with van der Waals surface area (Å²) in [6, 6.07) is 8.72. The molecule has 3 aliphatic heterocycles. The van der Waals surface area contributed by atoms with E-state index in [1.165, 1.54) is 27.5 Å². The fraction of sp³-hybridized carbons (Fsp3) is 0.600. The molecule has 1 N–H and O–H groups in total. The van der Waals surface area contributed by atoms with Gasteiger partial charge in [0.25, 0.3) is 0 Å². The topological polar surface area (TPSA) is 93.8 Å². The molecule has 6 unspecified atom stereocenters. The molecule has 0 spiro atoms. The van der Waals surface area contributed by atoms with Crippen LogP contribution in [0.2, 0.25) is 0 Å². The second-order valence-corrected chi connectivity index (χ2v) is 14.1. The molecular weight excluding hydrogens is 544 g/mol. The molecule has 2 aliphatic carbocycles. The van der Waals surface area contributed by atoms with E-state index in [2.05, 4.69) is 48.0 Å². The van der Waals surface area contributed by atoms with E-state index < -0.39 is 0 Å². The zero-order valence-electron chi connectivity index (χ0n) is 23.0. The summed E-state index contributed by atoms with van der Waals surface area (Å²) >= 11 is 2.99. The molecule has 8 nitrogen and oxygen atoms in total. The van der Waals surface area contributed by atoms with Gasteiger partial charge in [0.2, 0.25) is 17.7 Å². The fourth-order valence-corrected chi connectivity index (χ4v) is 11.4. The summed E-state index contributed by atoms with van der Waals surface area (Å²) in [5, 5.41) is 1.08. The van der Waals surface area contributed by atoms with Gasteiger partial charge in [0.05, 0.1) is 16.9 Å². The fourth-order valence-electron chi connectivity index (χ4n) is 8.47. The molecule has 5 aliphatic rings. The maximum absolute atomic E-state index is 13.8. The van der Waals surface area contributed by atoms with Gasteiger partial charge in [-0.3, -0.25) is 24.1 Å². The van der Waals surface area contributed by atoms with E-state index in [1.807, 2.05) is 4.90 Å². The lowest BCUT2D eigenvalue weighted by molar-refractivity contribution is -0.147. The minimum absolute atomic E-state index is 0.0128. The van der Waals surface area contributed by atoms with Gasteiger partial charge >= 0.3 is 4.87 Å². The van der Waals surface area contributed by atoms with Crippen molar-refractivity contribution in [3.8, 4) is 0 Å². The SMILES string of the molecule is CCN(CC)c1ccc([C@H]2c3sc(=O)[nH]c3SC3C4CC(C5C(=O)N(CC(=O)N6CCCCC6)C(=O)C45)C32)cc1. The van der Waals surface area contributed by atoms with Crippen LogP contribution in [0.1, 0.15) is 55.9 Å². The van der Waals surface area contributed by atoms with Gasteiger partial charge in [0.15, 0.2) is 0 Å². The second-order valence-electron chi connectivity index (χ2n) is 11.9. The molecule has 2 aromatic rings. The molecule has 1 aromatic carbocycles. The second kappa shape index (κ2) is 10.0. The van der Waals surface area contributed by atoms with Crippen molar-refractivity contribution < 1.29 is 14.4 Å². The number of likely N-dealkylation sites (tertiary alicyclic amines) is 2. The van der Waals surface area contributed by atoms with Crippen molar-refractivity contribution in [1.29, 1.82) is 0 Å². The Labute approximate surface area is 242 Å². The van der Waals surface area contributed by atoms with Gasteiger partial charge < -0.3 is 14.8 Å². The van der Waals surface area contributed by atoms with E-state index in [-0.39, 0.29) is 69.9 Å². The number of carbonyl (C=O) groups excluding carboxylic acids is 3. The summed E-state index contributed by atoms with van der Waals surface area (Å²) in [7, 11) is 0. The van der Waals surface area contributed by atoms with Gasteiger partial charge in [-0.25, -0.2) is 0 Å². The summed E-state index contributed by atoms with van der Waals surface area (Å²) in [6.45, 7) is 7.47. The van der Waals surface area contributed by atoms with Crippen molar-refractivity contribution in [3.05, 3.63) is 44.4 Å². The van der Waals surface area contributed by atoms with E-state index in [9.17, 15) is 19.2 Å². The summed E-state index contributed by atoms with van der Waals surface area (Å²) in [4.78, 5) is 62.6. The Kier molecular flexibility index (Phi) is 6.61. The highest BCUT2D eigenvalue weighted by atomic mass is 32.2. The van der Waals surface area contributed by atoms with Crippen LogP contribution in [0, 0.1) is 29.6 Å². The minimum atomic E-state index is -0.358. The molecule has 4 heterocycles. The summed E-state index contributed by atoms with van der Waals surface area (Å²) < 4.78 is 0. The van der Waals surface area contributed by atoms with E-state index in [1.54, 1.807) is 11.8 Å². The van der Waals surface area contributed by atoms with E-state index in [0.717, 1.165) is 48.7 Å². The lowest BCUT2D eigenvalue weighted by Crippen LogP contribution is -2.45. The number of piperidine rings is 1. The highest BCUT2D eigenvalue weighted by Crippen LogP contribution is 2.68. The van der Waals surface area contributed by atoms with Gasteiger partial charge in [-0.05, 0) is 75.0 Å². The first kappa shape index (κ1) is 26.3. The number of thioether (sulfide) groups is 1. The van der Waals surface area contributed by atoms with Crippen LogP contribution in [0.25, 0.3) is 0 Å². The molecule has 3 amide bonds. The lowest BCUT2D eigenvalue weighted by atomic mass is 9.68. The minimum Gasteiger partial charge on any atom is -0.372 e. The van der Waals surface area contributed by atoms with Crippen LogP contribution in [0.4, 0.5) is 5.69 Å². The van der Waals surface area contributed by atoms with Crippen molar-refractivity contribution >= 4 is 46.5 Å². The average Bonchev–Trinajstić information content (AvgIpc) is 3.70. The van der Waals surface area contributed by atoms with Crippen molar-refractivity contribution in [2.45, 2.75) is 55.7 Å². The number of amides is 3. The standard InChI is InChI=1S/C30H36N4O4S2/c1-3-32(4-2)17-10-8-16(9-11-17)21-22-18-14-19(25(22)39-27-26(21)40-30(38)31-27)24-23(18)28(36)34(29(24)37)15-20(35)33-12-6-5-7-13-33/h8-11,18-19,21-25H,3-7,12-15H2,1-2H3,(H,31,38)/t18?,19?,21-,22?,23?,24?,25?/m1/s1. The number of aromatic amines is 1. The van der Waals surface area contributed by atoms with E-state index in [4.69, 9.17) is 0 Å². The Morgan fingerprint density at radius 1 is 0.975 bits per heavy atom. The Balaban J connectivity index is 1.20. The molecule has 0 radical (unpaired) electrons. The number of fused-ring (bicyclic) bond motifs is 9. The van der Waals surface area contributed by atoms with Crippen molar-refractivity contribution in [1.82, 2.24) is 14.8 Å². The number of rotatable bonds is 6. The number of aromatic nitrogens is 1. The normalized spacial score (nSPS) is 32.3. The van der Waals surface area contributed by atoms with Gasteiger partial charge in [0, 0.05) is 47.9 Å². The van der Waals surface area contributed by atoms with Crippen molar-refractivity contribution in [2.24, 2.45) is 29.6 Å². The predicted molar refractivity (Wildman–Crippen MR) is 156 cm³/mol. The van der Waals surface area contributed by atoms with Crippen LogP contribution >= 0.6 is 23.1 Å². The Hall–Kier alpha value is -2.59. The van der Waals surface area contributed by atoms with Crippen LogP contribution in [0.5, 0.6) is 0 Å². The number of hydrogen-bond donors (Lipinski definition) is 1. The highest BCUT2D eigenvalue weighted by Gasteiger charge is 2.69. The average molecular weight is 581 g/mol. The van der Waals surface area contributed by atoms with Crippen LogP contribution < -0.4 is 9.77 Å². The number of carbonyl (C=O) groups is 3. The number of benzene rings is 1. The van der Waals surface area contributed by atoms with Crippen molar-refractivity contribution in [2.75, 3.05) is 37.6 Å². The maximum Gasteiger partial charge on any atom is 0.305 e. The van der Waals surface area contributed by atoms with Gasteiger partial charge in [-0.15, -0.1) is 11.8 Å². The van der Waals surface area contributed by atoms with Crippen LogP contribution in [-0.4, -0.2) is 70.5 Å². The van der Waals surface area contributed by atoms with Gasteiger partial charge in [-0.2, -0.15) is 0 Å². The number of nitrogens with zero attached hydrogens (tertiary/aromatic N) is 3. The van der Waals surface area contributed by atoms with Gasteiger partial charge in [-0.1, -0.05) is 23.5 Å². The third-order valence-electron chi connectivity index (χ3n) is 10.2. The Morgan fingerprint density at radius 3 is 2.33 bits per heavy atom. The molecule has 2 bridgehead atoms. The zero-order valence-corrected chi connectivity index (χ0v) is 24.6. The lowest BCUT2D eigenvalue weighted by Gasteiger charge is -2.43. The van der Waals surface area contributed by atoms with Crippen molar-refractivity contribution in [3.63, 3.8) is 0 Å². The number of anilines is 1. The summed E-state index contributed by atoms with van der Waals surface area (Å²) in [5.41, 5.74) is 2.34. The van der Waals surface area contributed by atoms with Crippen LogP contribution in [0.15, 0.2) is 34.1 Å². The number of hydrogen-bond acceptors (Lipinski definition) is 7. The van der Waals surface area contributed by atoms with Gasteiger partial charge in [0.1, 0.15) is 6.54 Å². The molecule has 4 fully saturated rings. The molecule has 1 aromatic heterocycles. The number of H-pyrrole nitrogens is 1. The first-order valence-corrected chi connectivity index (χ1v) is 16.5. The number of imide groups is 1. The molecule has 10 heteroatoms. The molecule has 2 saturated heterocycles. The maximum atomic E-state index is 13.8. The van der Waals surface area contributed by atoms with Crippen LogP contribution in [0.3, 0.4) is 0 Å². The molecule has 40 heavy (non-hydrogen) atoms. The highest BCUT2D eigenvalue weighted by molar-refractivity contribution is 8.00. The number of thiazole rings is 1. The van der Waals surface area contributed by atoms with Crippen LogP contribution in [-0.2, 0) is 14.4 Å². The monoisotopic (exact) mass is 580 g/mol. The Bertz CT molecular complexity index is 1390. The van der Waals surface area contributed by atoms with E-state index in [0.29, 0.717) is 13.1 Å². The summed E-state index contributed by atoms with van der Waals surface area (Å²) in [6.07, 6.45) is 3.94. The third-order valence-corrected chi connectivity index (χ3v) is 12.8. The predicted octanol–water partition coefficient (Wildman–Crippen LogP) is 3.77. The first-order chi connectivity index (χ1) is 19.4. The third kappa shape index (κ3) is 3.92. The molecule has 212 valence electrons. The molecule has 7 rings (SSSR count). The largest absolute Gasteiger partial charge is 0.372 e. The quantitative estimate of drug-likeness (QED) is 0.523. The smallest absolute Gasteiger partial charge is 0.305 e. The molecular formula is C30H36N4O4S2. The van der Waals surface area contributed by atoms with E-state index >= 15 is 0 Å².